The van der Waals surface area contributed by atoms with E-state index in [0.717, 1.165) is 0 Å². The van der Waals surface area contributed by atoms with E-state index in [1.165, 1.54) is 15.9 Å². The zero-order chi connectivity index (χ0) is 25.0. The Morgan fingerprint density at radius 2 is 1.88 bits per heavy atom. The first-order chi connectivity index (χ1) is 16.1. The molecule has 2 unspecified atom stereocenters. The van der Waals surface area contributed by atoms with Crippen molar-refractivity contribution in [3.63, 3.8) is 0 Å². The number of amidine groups is 1. The van der Waals surface area contributed by atoms with Crippen LogP contribution in [0.15, 0.2) is 42.5 Å². The normalized spacial score (nSPS) is 17.0. The third kappa shape index (κ3) is 5.60. The van der Waals surface area contributed by atoms with Crippen LogP contribution in [0.3, 0.4) is 0 Å². The first-order valence-electron chi connectivity index (χ1n) is 10.5. The molecule has 0 bridgehead atoms. The van der Waals surface area contributed by atoms with Gasteiger partial charge >= 0.3 is 17.8 Å². The average Bonchev–Trinajstić information content (AvgIpc) is 2.78. The first-order valence-corrected chi connectivity index (χ1v) is 11.3. The van der Waals surface area contributed by atoms with Crippen LogP contribution in [0.25, 0.3) is 0 Å². The Labute approximate surface area is 206 Å². The number of ether oxygens (including phenoxy) is 1. The van der Waals surface area contributed by atoms with Crippen molar-refractivity contribution in [1.82, 2.24) is 9.80 Å². The number of hydrogen-bond donors (Lipinski definition) is 3. The van der Waals surface area contributed by atoms with Gasteiger partial charge in [-0.15, -0.1) is 0 Å². The molecule has 4 N–H and O–H groups in total. The molecule has 11 heteroatoms. The highest BCUT2D eigenvalue weighted by Gasteiger charge is 2.44. The molecule has 3 rings (SSSR count). The van der Waals surface area contributed by atoms with Crippen LogP contribution >= 0.6 is 23.2 Å². The number of rotatable bonds is 9. The third-order valence-corrected chi connectivity index (χ3v) is 5.94. The molecule has 1 aliphatic rings. The van der Waals surface area contributed by atoms with E-state index in [9.17, 15) is 19.5 Å². The molecule has 2 aromatic carbocycles. The second kappa shape index (κ2) is 10.8. The van der Waals surface area contributed by atoms with Crippen molar-refractivity contribution in [3.05, 3.63) is 63.6 Å². The second-order valence-electron chi connectivity index (χ2n) is 7.75. The topological polar surface area (TPSA) is 137 Å². The Balaban J connectivity index is 1.97. The van der Waals surface area contributed by atoms with Gasteiger partial charge < -0.3 is 20.5 Å². The van der Waals surface area contributed by atoms with E-state index in [1.807, 2.05) is 6.92 Å². The van der Waals surface area contributed by atoms with Gasteiger partial charge in [-0.05, 0) is 48.4 Å². The van der Waals surface area contributed by atoms with Gasteiger partial charge in [-0.2, -0.15) is 0 Å². The highest BCUT2D eigenvalue weighted by atomic mass is 35.5. The molecule has 1 fully saturated rings. The highest BCUT2D eigenvalue weighted by molar-refractivity contribution is 6.36. The first kappa shape index (κ1) is 25.3. The predicted molar refractivity (Wildman–Crippen MR) is 127 cm³/mol. The van der Waals surface area contributed by atoms with Gasteiger partial charge in [0.1, 0.15) is 11.6 Å². The number of nitrogens with one attached hydrogen (secondary N) is 1. The maximum absolute atomic E-state index is 13.1. The van der Waals surface area contributed by atoms with E-state index in [0.29, 0.717) is 28.3 Å². The summed E-state index contributed by atoms with van der Waals surface area (Å²) in [7, 11) is 0. The Bertz CT molecular complexity index is 1110. The number of halogens is 2. The van der Waals surface area contributed by atoms with Gasteiger partial charge in [0.05, 0.1) is 19.0 Å². The molecule has 0 aromatic heterocycles. The van der Waals surface area contributed by atoms with Gasteiger partial charge in [0, 0.05) is 22.2 Å². The van der Waals surface area contributed by atoms with Crippen LogP contribution in [0.4, 0.5) is 0 Å². The molecule has 2 aromatic rings. The number of aliphatic carboxylic acids is 1. The minimum atomic E-state index is -1.16. The van der Waals surface area contributed by atoms with Crippen LogP contribution < -0.4 is 10.5 Å². The Hall–Kier alpha value is -3.30. The minimum absolute atomic E-state index is 0.0735. The zero-order valence-electron chi connectivity index (χ0n) is 18.3. The number of benzene rings is 2. The molecule has 34 heavy (non-hydrogen) atoms. The van der Waals surface area contributed by atoms with Crippen molar-refractivity contribution in [2.45, 2.75) is 32.0 Å². The number of amides is 2. The van der Waals surface area contributed by atoms with E-state index in [-0.39, 0.29) is 23.9 Å². The zero-order valence-corrected chi connectivity index (χ0v) is 19.8. The van der Waals surface area contributed by atoms with Crippen molar-refractivity contribution in [3.8, 4) is 5.75 Å². The fraction of sp³-hybridized carbons (Fsp3) is 0.304. The molecule has 1 saturated heterocycles. The lowest BCUT2D eigenvalue weighted by atomic mass is 10.00. The number of carbonyl (C=O) groups is 3. The Kier molecular flexibility index (Phi) is 8.01. The van der Waals surface area contributed by atoms with E-state index in [4.69, 9.17) is 39.1 Å². The highest BCUT2D eigenvalue weighted by Crippen LogP contribution is 2.34. The maximum atomic E-state index is 13.1. The second-order valence-corrected chi connectivity index (χ2v) is 8.59. The fourth-order valence-electron chi connectivity index (χ4n) is 3.78. The molecule has 2 amide bonds. The summed E-state index contributed by atoms with van der Waals surface area (Å²) in [4.78, 5) is 40.3. The van der Waals surface area contributed by atoms with Crippen molar-refractivity contribution in [2.75, 3.05) is 13.1 Å². The lowest BCUT2D eigenvalue weighted by Gasteiger charge is -2.43. The van der Waals surface area contributed by atoms with Gasteiger partial charge in [-0.25, -0.2) is 0 Å². The van der Waals surface area contributed by atoms with Gasteiger partial charge in [-0.1, -0.05) is 36.2 Å². The maximum Gasteiger partial charge on any atom is 0.315 e. The SMILES string of the molecule is CCCN1C(=O)C(=O)N(C(CC(=O)O)c2ccc(Cl)cc2Cl)CC1Oc1ccc(C(=N)N)cc1. The lowest BCUT2D eigenvalue weighted by Crippen LogP contribution is -2.62. The molecule has 0 aliphatic carbocycles. The number of nitrogens with zero attached hydrogens (tertiary/aromatic N) is 2. The number of hydrogen-bond acceptors (Lipinski definition) is 5. The number of nitrogens with two attached hydrogens (primary N) is 1. The summed E-state index contributed by atoms with van der Waals surface area (Å²) in [5, 5.41) is 17.6. The quantitative estimate of drug-likeness (QED) is 0.271. The molecule has 0 spiro atoms. The van der Waals surface area contributed by atoms with Gasteiger partial charge in [0.25, 0.3) is 0 Å². The van der Waals surface area contributed by atoms with Crippen LogP contribution in [0.2, 0.25) is 10.0 Å². The number of piperazine rings is 1. The smallest absolute Gasteiger partial charge is 0.315 e. The largest absolute Gasteiger partial charge is 0.481 e. The number of carboxylic acids is 1. The summed E-state index contributed by atoms with van der Waals surface area (Å²) < 4.78 is 6.04. The lowest BCUT2D eigenvalue weighted by molar-refractivity contribution is -0.169. The summed E-state index contributed by atoms with van der Waals surface area (Å²) in [6.07, 6.45) is -0.742. The number of carbonyl (C=O) groups excluding carboxylic acids is 2. The van der Waals surface area contributed by atoms with E-state index < -0.39 is 36.5 Å². The summed E-state index contributed by atoms with van der Waals surface area (Å²) in [6, 6.07) is 9.97. The van der Waals surface area contributed by atoms with Crippen molar-refractivity contribution >= 4 is 46.8 Å². The van der Waals surface area contributed by atoms with Crippen molar-refractivity contribution in [2.24, 2.45) is 5.73 Å². The molecular formula is C23H24Cl2N4O5. The molecule has 0 saturated carbocycles. The average molecular weight is 507 g/mol. The summed E-state index contributed by atoms with van der Waals surface area (Å²) in [5.41, 5.74) is 6.36. The Morgan fingerprint density at radius 1 is 1.21 bits per heavy atom. The molecule has 2 atom stereocenters. The summed E-state index contributed by atoms with van der Waals surface area (Å²) >= 11 is 12.3. The monoisotopic (exact) mass is 506 g/mol. The van der Waals surface area contributed by atoms with Crippen LogP contribution in [0.1, 0.15) is 36.9 Å². The van der Waals surface area contributed by atoms with E-state index >= 15 is 0 Å². The summed E-state index contributed by atoms with van der Waals surface area (Å²) in [6.45, 7) is 2.07. The van der Waals surface area contributed by atoms with Gasteiger partial charge in [-0.3, -0.25) is 24.7 Å². The number of carboxylic acid groups (broad SMARTS) is 1. The third-order valence-electron chi connectivity index (χ3n) is 5.37. The molecule has 9 nitrogen and oxygen atoms in total. The van der Waals surface area contributed by atoms with E-state index in [1.54, 1.807) is 36.4 Å². The van der Waals surface area contributed by atoms with Crippen LogP contribution in [-0.4, -0.2) is 57.8 Å². The molecule has 180 valence electrons. The van der Waals surface area contributed by atoms with Gasteiger partial charge in [0.15, 0.2) is 6.23 Å². The standard InChI is InChI=1S/C23H24Cl2N4O5/c1-2-9-28-19(34-15-6-3-13(4-7-15)21(26)27)12-29(23(33)22(28)32)18(11-20(30)31)16-8-5-14(24)10-17(16)25/h3-8,10,18-19H,2,9,11-12H2,1H3,(H3,26,27)(H,30,31). The van der Waals surface area contributed by atoms with Crippen molar-refractivity contribution in [1.29, 1.82) is 5.41 Å². The molecule has 0 radical (unpaired) electrons. The van der Waals surface area contributed by atoms with E-state index in [2.05, 4.69) is 0 Å². The summed E-state index contributed by atoms with van der Waals surface area (Å²) in [5.74, 6) is -2.49. The molecule has 1 heterocycles. The minimum Gasteiger partial charge on any atom is -0.481 e. The van der Waals surface area contributed by atoms with Gasteiger partial charge in [0.2, 0.25) is 0 Å². The van der Waals surface area contributed by atoms with Crippen LogP contribution in [0, 0.1) is 5.41 Å². The fourth-order valence-corrected chi connectivity index (χ4v) is 4.31. The Morgan fingerprint density at radius 3 is 2.44 bits per heavy atom. The van der Waals surface area contributed by atoms with Crippen LogP contribution in [0.5, 0.6) is 5.75 Å². The molecular weight excluding hydrogens is 483 g/mol. The number of nitrogen functional groups attached to an aromatic ring is 1. The molecule has 1 aliphatic heterocycles. The van der Waals surface area contributed by atoms with Crippen LogP contribution in [-0.2, 0) is 14.4 Å². The predicted octanol–water partition coefficient (Wildman–Crippen LogP) is 3.28. The van der Waals surface area contributed by atoms with Crippen molar-refractivity contribution < 1.29 is 24.2 Å².